The molecule has 3 nitrogen and oxygen atoms in total. The van der Waals surface area contributed by atoms with Gasteiger partial charge in [-0.3, -0.25) is 0 Å². The molecule has 0 aliphatic carbocycles. The second-order valence-corrected chi connectivity index (χ2v) is 7.87. The number of hydrogen-bond acceptors (Lipinski definition) is 3. The Morgan fingerprint density at radius 1 is 0.833 bits per heavy atom. The first-order chi connectivity index (χ1) is 14.7. The van der Waals surface area contributed by atoms with Crippen LogP contribution in [0.3, 0.4) is 0 Å². The molecule has 2 N–H and O–H groups in total. The summed E-state index contributed by atoms with van der Waals surface area (Å²) in [6, 6.07) is 32.1. The minimum Gasteiger partial charge on any atom is -0.396 e. The van der Waals surface area contributed by atoms with Crippen molar-refractivity contribution < 1.29 is 5.11 Å². The van der Waals surface area contributed by atoms with Gasteiger partial charge in [-0.05, 0) is 23.1 Å². The van der Waals surface area contributed by atoms with Gasteiger partial charge in [0.15, 0.2) is 0 Å². The van der Waals surface area contributed by atoms with E-state index >= 15 is 0 Å². The number of nitrogens with one attached hydrogen (secondary N) is 1. The van der Waals surface area contributed by atoms with Crippen molar-refractivity contribution >= 4 is 0 Å². The van der Waals surface area contributed by atoms with Gasteiger partial charge in [-0.1, -0.05) is 105 Å². The molecule has 3 aromatic carbocycles. The van der Waals surface area contributed by atoms with Crippen molar-refractivity contribution in [2.45, 2.75) is 25.8 Å². The van der Waals surface area contributed by atoms with E-state index in [-0.39, 0.29) is 12.5 Å². The van der Waals surface area contributed by atoms with Gasteiger partial charge in [-0.25, -0.2) is 0 Å². The molecule has 0 aromatic heterocycles. The van der Waals surface area contributed by atoms with E-state index in [4.69, 9.17) is 0 Å². The molecule has 0 radical (unpaired) electrons. The van der Waals surface area contributed by atoms with Gasteiger partial charge in [0, 0.05) is 17.3 Å². The Bertz CT molecular complexity index is 886. The highest BCUT2D eigenvalue weighted by Crippen LogP contribution is 2.47. The zero-order valence-corrected chi connectivity index (χ0v) is 17.8. The predicted octanol–water partition coefficient (Wildman–Crippen LogP) is 5.09. The van der Waals surface area contributed by atoms with E-state index < -0.39 is 5.54 Å². The molecule has 154 valence electrons. The van der Waals surface area contributed by atoms with Crippen LogP contribution in [0.2, 0.25) is 0 Å². The Morgan fingerprint density at radius 2 is 1.27 bits per heavy atom. The fraction of sp³-hybridized carbons (Fsp3) is 0.259. The third-order valence-electron chi connectivity index (χ3n) is 6.12. The summed E-state index contributed by atoms with van der Waals surface area (Å²) < 4.78 is 0. The summed E-state index contributed by atoms with van der Waals surface area (Å²) in [5, 5.41) is 13.7. The van der Waals surface area contributed by atoms with Gasteiger partial charge < -0.3 is 15.3 Å². The van der Waals surface area contributed by atoms with Crippen LogP contribution in [0.1, 0.15) is 37.0 Å². The van der Waals surface area contributed by atoms with E-state index in [0.717, 1.165) is 6.42 Å². The summed E-state index contributed by atoms with van der Waals surface area (Å²) >= 11 is 0. The van der Waals surface area contributed by atoms with Crippen molar-refractivity contribution in [2.24, 2.45) is 5.92 Å². The Morgan fingerprint density at radius 3 is 1.63 bits per heavy atom. The molecule has 0 bridgehead atoms. The molecule has 0 saturated carbocycles. The average Bonchev–Trinajstić information content (AvgIpc) is 3.26. The Balaban J connectivity index is 2.07. The number of aliphatic hydroxyl groups excluding tert-OH is 1. The highest BCUT2D eigenvalue weighted by Gasteiger charge is 2.46. The molecular formula is C27H30N2O. The fourth-order valence-electron chi connectivity index (χ4n) is 4.77. The third-order valence-corrected chi connectivity index (χ3v) is 6.12. The van der Waals surface area contributed by atoms with Gasteiger partial charge in [-0.15, -0.1) is 0 Å². The smallest absolute Gasteiger partial charge is 0.118 e. The lowest BCUT2D eigenvalue weighted by molar-refractivity contribution is 0.172. The lowest BCUT2D eigenvalue weighted by atomic mass is 9.75. The van der Waals surface area contributed by atoms with E-state index in [1.807, 2.05) is 0 Å². The minimum atomic E-state index is -0.507. The van der Waals surface area contributed by atoms with Crippen molar-refractivity contribution in [3.05, 3.63) is 119 Å². The molecule has 0 fully saturated rings. The molecule has 3 heteroatoms. The Labute approximate surface area is 179 Å². The molecule has 1 heterocycles. The average molecular weight is 399 g/mol. The van der Waals surface area contributed by atoms with E-state index in [2.05, 4.69) is 115 Å². The van der Waals surface area contributed by atoms with Crippen LogP contribution in [-0.2, 0) is 5.54 Å². The van der Waals surface area contributed by atoms with Crippen LogP contribution in [0.4, 0.5) is 0 Å². The number of hydrogen-bond donors (Lipinski definition) is 2. The molecule has 4 rings (SSSR count). The summed E-state index contributed by atoms with van der Waals surface area (Å²) in [5.41, 5.74) is 5.53. The van der Waals surface area contributed by atoms with Crippen LogP contribution in [0.25, 0.3) is 0 Å². The van der Waals surface area contributed by atoms with Crippen LogP contribution in [0, 0.1) is 5.92 Å². The lowest BCUT2D eigenvalue weighted by Gasteiger charge is -2.46. The van der Waals surface area contributed by atoms with Gasteiger partial charge in [0.05, 0.1) is 13.3 Å². The van der Waals surface area contributed by atoms with Crippen LogP contribution < -0.4 is 5.32 Å². The maximum absolute atomic E-state index is 10.1. The number of aliphatic hydroxyl groups is 1. The van der Waals surface area contributed by atoms with Crippen LogP contribution in [-0.4, -0.2) is 23.3 Å². The molecule has 1 aliphatic rings. The first kappa shape index (κ1) is 20.2. The Kier molecular flexibility index (Phi) is 5.91. The van der Waals surface area contributed by atoms with Crippen LogP contribution >= 0.6 is 0 Å². The SMILES string of the molecule is CCC1=C(C(C)CO)N(C(c2ccccc2)(c2ccccc2)c2ccccc2)CN1. The highest BCUT2D eigenvalue weighted by atomic mass is 16.3. The Hall–Kier alpha value is -3.04. The molecule has 3 aromatic rings. The monoisotopic (exact) mass is 398 g/mol. The molecular weight excluding hydrogens is 368 g/mol. The summed E-state index contributed by atoms with van der Waals surface area (Å²) in [6.45, 7) is 5.09. The predicted molar refractivity (Wildman–Crippen MR) is 123 cm³/mol. The molecule has 0 spiro atoms. The maximum atomic E-state index is 10.1. The standard InChI is InChI=1S/C27H30N2O/c1-3-25-26(21(2)19-30)29(20-28-25)27(22-13-7-4-8-14-22,23-15-9-5-10-16-23)24-17-11-6-12-18-24/h4-18,21,28,30H,3,19-20H2,1-2H3. The number of rotatable bonds is 7. The van der Waals surface area contributed by atoms with E-state index in [0.29, 0.717) is 6.67 Å². The zero-order valence-electron chi connectivity index (χ0n) is 17.8. The molecule has 30 heavy (non-hydrogen) atoms. The number of nitrogens with zero attached hydrogens (tertiary/aromatic N) is 1. The van der Waals surface area contributed by atoms with Crippen molar-refractivity contribution in [3.63, 3.8) is 0 Å². The van der Waals surface area contributed by atoms with Crippen LogP contribution in [0.5, 0.6) is 0 Å². The van der Waals surface area contributed by atoms with E-state index in [1.54, 1.807) is 0 Å². The lowest BCUT2D eigenvalue weighted by Crippen LogP contribution is -2.48. The third kappa shape index (κ3) is 3.29. The van der Waals surface area contributed by atoms with Gasteiger partial charge in [-0.2, -0.15) is 0 Å². The van der Waals surface area contributed by atoms with Crippen molar-refractivity contribution in [2.75, 3.05) is 13.3 Å². The van der Waals surface area contributed by atoms with E-state index in [9.17, 15) is 5.11 Å². The van der Waals surface area contributed by atoms with Crippen LogP contribution in [0.15, 0.2) is 102 Å². The van der Waals surface area contributed by atoms with Gasteiger partial charge in [0.25, 0.3) is 0 Å². The highest BCUT2D eigenvalue weighted by molar-refractivity contribution is 5.51. The van der Waals surface area contributed by atoms with Crippen molar-refractivity contribution in [1.82, 2.24) is 10.2 Å². The molecule has 1 aliphatic heterocycles. The van der Waals surface area contributed by atoms with Crippen molar-refractivity contribution in [1.29, 1.82) is 0 Å². The second-order valence-electron chi connectivity index (χ2n) is 7.87. The summed E-state index contributed by atoms with van der Waals surface area (Å²) in [6.07, 6.45) is 0.907. The summed E-state index contributed by atoms with van der Waals surface area (Å²) in [4.78, 5) is 2.46. The zero-order chi connectivity index (χ0) is 21.0. The molecule has 0 amide bonds. The van der Waals surface area contributed by atoms with Gasteiger partial charge in [0.2, 0.25) is 0 Å². The first-order valence-corrected chi connectivity index (χ1v) is 10.8. The largest absolute Gasteiger partial charge is 0.396 e. The molecule has 1 atom stereocenters. The normalized spacial score (nSPS) is 15.2. The summed E-state index contributed by atoms with van der Waals surface area (Å²) in [5.74, 6) is 0.0328. The number of benzene rings is 3. The molecule has 0 saturated heterocycles. The van der Waals surface area contributed by atoms with Gasteiger partial charge in [0.1, 0.15) is 5.54 Å². The number of allylic oxidation sites excluding steroid dienone is 1. The quantitative estimate of drug-likeness (QED) is 0.544. The maximum Gasteiger partial charge on any atom is 0.118 e. The van der Waals surface area contributed by atoms with Gasteiger partial charge >= 0.3 is 0 Å². The van der Waals surface area contributed by atoms with E-state index in [1.165, 1.54) is 28.1 Å². The first-order valence-electron chi connectivity index (χ1n) is 10.8. The summed E-state index contributed by atoms with van der Waals surface area (Å²) in [7, 11) is 0. The van der Waals surface area contributed by atoms with Crippen molar-refractivity contribution in [3.8, 4) is 0 Å². The minimum absolute atomic E-state index is 0.0328. The second kappa shape index (κ2) is 8.76. The fourth-order valence-corrected chi connectivity index (χ4v) is 4.77. The topological polar surface area (TPSA) is 35.5 Å². The molecule has 1 unspecified atom stereocenters.